The van der Waals surface area contributed by atoms with Crippen molar-refractivity contribution in [2.24, 2.45) is 4.99 Å². The van der Waals surface area contributed by atoms with Crippen LogP contribution in [0, 0.1) is 10.1 Å². The van der Waals surface area contributed by atoms with E-state index >= 15 is 0 Å². The van der Waals surface area contributed by atoms with Crippen LogP contribution in [-0.2, 0) is 4.79 Å². The van der Waals surface area contributed by atoms with Gasteiger partial charge in [0.05, 0.1) is 15.9 Å². The van der Waals surface area contributed by atoms with Crippen molar-refractivity contribution in [2.75, 3.05) is 0 Å². The Morgan fingerprint density at radius 1 is 1.39 bits per heavy atom. The first-order valence-corrected chi connectivity index (χ1v) is 8.45. The Bertz CT molecular complexity index is 727. The number of nitrogens with one attached hydrogen (secondary N) is 1. The second-order valence-corrected chi connectivity index (χ2v) is 6.84. The lowest BCUT2D eigenvalue weighted by molar-refractivity contribution is -0.384. The zero-order chi connectivity index (χ0) is 16.4. The predicted octanol–water partition coefficient (Wildman–Crippen LogP) is 3.75. The number of hydrogen-bond acceptors (Lipinski definition) is 5. The monoisotopic (exact) mass is 351 g/mol. The van der Waals surface area contributed by atoms with E-state index in [1.165, 1.54) is 42.8 Å². The predicted molar refractivity (Wildman–Crippen MR) is 91.5 cm³/mol. The minimum Gasteiger partial charge on any atom is -0.301 e. The van der Waals surface area contributed by atoms with E-state index in [4.69, 9.17) is 11.6 Å². The van der Waals surface area contributed by atoms with Crippen molar-refractivity contribution in [3.8, 4) is 0 Å². The van der Waals surface area contributed by atoms with Gasteiger partial charge in [0.15, 0.2) is 5.17 Å². The lowest BCUT2D eigenvalue weighted by Gasteiger charge is -2.02. The first kappa shape index (κ1) is 16.0. The van der Waals surface area contributed by atoms with Gasteiger partial charge in [0.25, 0.3) is 11.6 Å². The first-order valence-electron chi connectivity index (χ1n) is 7.25. The maximum absolute atomic E-state index is 12.0. The van der Waals surface area contributed by atoms with Crippen molar-refractivity contribution in [1.82, 2.24) is 5.32 Å². The number of nitro benzene ring substituents is 1. The topological polar surface area (TPSA) is 84.6 Å². The third-order valence-electron chi connectivity index (χ3n) is 3.75. The molecule has 1 aliphatic heterocycles. The minimum atomic E-state index is -0.493. The molecule has 1 N–H and O–H groups in total. The number of aliphatic imine (C=N–C) groups is 1. The summed E-state index contributed by atoms with van der Waals surface area (Å²) in [6.45, 7) is 0. The molecule has 1 heterocycles. The van der Waals surface area contributed by atoms with E-state index < -0.39 is 4.92 Å². The van der Waals surface area contributed by atoms with Gasteiger partial charge in [-0.15, -0.1) is 0 Å². The molecule has 0 unspecified atom stereocenters. The van der Waals surface area contributed by atoms with Crippen LogP contribution in [0.2, 0.25) is 5.02 Å². The maximum atomic E-state index is 12.0. The Kier molecular flexibility index (Phi) is 4.68. The minimum absolute atomic E-state index is 0.0653. The molecule has 0 aromatic heterocycles. The molecule has 8 heteroatoms. The molecule has 1 aromatic rings. The molecule has 120 valence electrons. The second-order valence-electron chi connectivity index (χ2n) is 5.40. The van der Waals surface area contributed by atoms with E-state index in [-0.39, 0.29) is 17.6 Å². The molecule has 23 heavy (non-hydrogen) atoms. The molecule has 0 bridgehead atoms. The first-order chi connectivity index (χ1) is 11.0. The Balaban J connectivity index is 1.84. The number of benzene rings is 1. The van der Waals surface area contributed by atoms with Crippen molar-refractivity contribution in [3.05, 3.63) is 43.8 Å². The van der Waals surface area contributed by atoms with Gasteiger partial charge in [-0.3, -0.25) is 19.9 Å². The van der Waals surface area contributed by atoms with Crippen LogP contribution in [0.15, 0.2) is 28.1 Å². The average Bonchev–Trinajstić information content (AvgIpc) is 3.12. The van der Waals surface area contributed by atoms with E-state index in [1.54, 1.807) is 6.08 Å². The van der Waals surface area contributed by atoms with Crippen LogP contribution in [0.4, 0.5) is 5.69 Å². The average molecular weight is 352 g/mol. The molecule has 0 radical (unpaired) electrons. The molecular weight excluding hydrogens is 338 g/mol. The third-order valence-corrected chi connectivity index (χ3v) is 5.02. The number of amidine groups is 1. The normalized spacial score (nSPS) is 22.0. The summed E-state index contributed by atoms with van der Waals surface area (Å²) in [6, 6.07) is 4.42. The van der Waals surface area contributed by atoms with Crippen molar-refractivity contribution >= 4 is 46.2 Å². The van der Waals surface area contributed by atoms with Gasteiger partial charge in [0, 0.05) is 22.7 Å². The zero-order valence-electron chi connectivity index (χ0n) is 12.1. The standard InChI is InChI=1S/C15H14ClN3O3S/c16-12-6-5-11(19(21)22)7-9(12)8-13-14(20)18-15(23-13)17-10-3-1-2-4-10/h5-8,10H,1-4H2,(H,17,18,20). The summed E-state index contributed by atoms with van der Waals surface area (Å²) in [5.41, 5.74) is 0.380. The molecule has 1 aliphatic carbocycles. The largest absolute Gasteiger partial charge is 0.301 e. The number of hydrogen-bond donors (Lipinski definition) is 1. The van der Waals surface area contributed by atoms with E-state index in [0.717, 1.165) is 12.8 Å². The van der Waals surface area contributed by atoms with Gasteiger partial charge in [-0.1, -0.05) is 24.4 Å². The van der Waals surface area contributed by atoms with Crippen LogP contribution >= 0.6 is 23.4 Å². The summed E-state index contributed by atoms with van der Waals surface area (Å²) in [5, 5.41) is 14.5. The Morgan fingerprint density at radius 3 is 2.83 bits per heavy atom. The number of carbonyl (C=O) groups is 1. The fraction of sp³-hybridized carbons (Fsp3) is 0.333. The van der Waals surface area contributed by atoms with Crippen LogP contribution in [0.25, 0.3) is 6.08 Å². The molecule has 1 saturated carbocycles. The lowest BCUT2D eigenvalue weighted by atomic mass is 10.2. The highest BCUT2D eigenvalue weighted by molar-refractivity contribution is 8.18. The van der Waals surface area contributed by atoms with Crippen molar-refractivity contribution in [2.45, 2.75) is 31.7 Å². The summed E-state index contributed by atoms with van der Waals surface area (Å²) in [6.07, 6.45) is 6.01. The van der Waals surface area contributed by atoms with Crippen molar-refractivity contribution in [1.29, 1.82) is 0 Å². The van der Waals surface area contributed by atoms with Gasteiger partial charge < -0.3 is 5.32 Å². The quantitative estimate of drug-likeness (QED) is 0.510. The molecule has 0 atom stereocenters. The van der Waals surface area contributed by atoms with Crippen LogP contribution in [-0.4, -0.2) is 22.0 Å². The maximum Gasteiger partial charge on any atom is 0.270 e. The summed E-state index contributed by atoms with van der Waals surface area (Å²) in [4.78, 5) is 27.4. The number of rotatable bonds is 3. The van der Waals surface area contributed by atoms with Gasteiger partial charge in [-0.2, -0.15) is 0 Å². The van der Waals surface area contributed by atoms with Crippen LogP contribution in [0.5, 0.6) is 0 Å². The smallest absolute Gasteiger partial charge is 0.270 e. The summed E-state index contributed by atoms with van der Waals surface area (Å²) in [7, 11) is 0. The van der Waals surface area contributed by atoms with E-state index in [1.807, 2.05) is 0 Å². The Hall–Kier alpha value is -1.86. The summed E-state index contributed by atoms with van der Waals surface area (Å²) in [5.74, 6) is -0.255. The molecule has 6 nitrogen and oxygen atoms in total. The molecule has 2 fully saturated rings. The molecule has 1 aromatic carbocycles. The zero-order valence-corrected chi connectivity index (χ0v) is 13.7. The molecule has 0 spiro atoms. The number of halogens is 1. The van der Waals surface area contributed by atoms with E-state index in [0.29, 0.717) is 20.7 Å². The highest BCUT2D eigenvalue weighted by Gasteiger charge is 2.26. The van der Waals surface area contributed by atoms with Crippen LogP contribution < -0.4 is 5.32 Å². The molecule has 3 rings (SSSR count). The number of thioether (sulfide) groups is 1. The van der Waals surface area contributed by atoms with Crippen LogP contribution in [0.3, 0.4) is 0 Å². The van der Waals surface area contributed by atoms with Gasteiger partial charge in [0.1, 0.15) is 0 Å². The van der Waals surface area contributed by atoms with Gasteiger partial charge in [-0.05, 0) is 36.7 Å². The molecule has 1 amide bonds. The number of nitrogens with zero attached hydrogens (tertiary/aromatic N) is 2. The SMILES string of the molecule is O=C1NC(=NC2CCCC2)SC1=Cc1cc([N+](=O)[O-])ccc1Cl. The molecule has 2 aliphatic rings. The van der Waals surface area contributed by atoms with Crippen LogP contribution in [0.1, 0.15) is 31.2 Å². The number of non-ortho nitro benzene ring substituents is 1. The summed E-state index contributed by atoms with van der Waals surface area (Å²) >= 11 is 7.31. The highest BCUT2D eigenvalue weighted by atomic mass is 35.5. The van der Waals surface area contributed by atoms with Gasteiger partial charge in [0.2, 0.25) is 0 Å². The second kappa shape index (κ2) is 6.72. The number of carbonyl (C=O) groups excluding carboxylic acids is 1. The Morgan fingerprint density at radius 2 is 2.13 bits per heavy atom. The summed E-state index contributed by atoms with van der Waals surface area (Å²) < 4.78 is 0. The molecule has 1 saturated heterocycles. The Labute approximate surface area is 142 Å². The third kappa shape index (κ3) is 3.73. The lowest BCUT2D eigenvalue weighted by Crippen LogP contribution is -2.21. The van der Waals surface area contributed by atoms with E-state index in [9.17, 15) is 14.9 Å². The van der Waals surface area contributed by atoms with Crippen molar-refractivity contribution < 1.29 is 9.72 Å². The van der Waals surface area contributed by atoms with Gasteiger partial charge >= 0.3 is 0 Å². The fourth-order valence-electron chi connectivity index (χ4n) is 2.58. The van der Waals surface area contributed by atoms with Gasteiger partial charge in [-0.25, -0.2) is 0 Å². The highest BCUT2D eigenvalue weighted by Crippen LogP contribution is 2.31. The van der Waals surface area contributed by atoms with Crippen molar-refractivity contribution in [3.63, 3.8) is 0 Å². The number of amides is 1. The van der Waals surface area contributed by atoms with E-state index in [2.05, 4.69) is 10.3 Å². The fourth-order valence-corrected chi connectivity index (χ4v) is 3.64. The number of nitro groups is 1. The molecular formula is C15H14ClN3O3S.